The second-order valence-electron chi connectivity index (χ2n) is 7.18. The van der Waals surface area contributed by atoms with Crippen LogP contribution in [0.1, 0.15) is 46.0 Å². The van der Waals surface area contributed by atoms with E-state index >= 15 is 0 Å². The fraction of sp³-hybridized carbons (Fsp3) is 0.933. The smallest absolute Gasteiger partial charge is 0.320 e. The van der Waals surface area contributed by atoms with Gasteiger partial charge in [-0.25, -0.2) is 0 Å². The SMILES string of the molecule is CC(C)C(NC1C2CC3CC(C2)CC1C3)C(=O)O. The molecule has 0 heterocycles. The lowest BCUT2D eigenvalue weighted by Crippen LogP contribution is -2.59. The highest BCUT2D eigenvalue weighted by Gasteiger charge is 2.49. The predicted molar refractivity (Wildman–Crippen MR) is 70.2 cm³/mol. The van der Waals surface area contributed by atoms with E-state index in [1.54, 1.807) is 0 Å². The highest BCUT2D eigenvalue weighted by Crippen LogP contribution is 2.53. The van der Waals surface area contributed by atoms with E-state index in [2.05, 4.69) is 5.32 Å². The van der Waals surface area contributed by atoms with Gasteiger partial charge >= 0.3 is 5.97 Å². The van der Waals surface area contributed by atoms with Gasteiger partial charge in [0.25, 0.3) is 0 Å². The van der Waals surface area contributed by atoms with Crippen LogP contribution in [0.4, 0.5) is 0 Å². The standard InChI is InChI=1S/C15H25NO2/c1-8(2)13(15(17)18)16-14-11-4-9-3-10(6-11)7-12(14)5-9/h8-14,16H,3-7H2,1-2H3,(H,17,18). The lowest BCUT2D eigenvalue weighted by molar-refractivity contribution is -0.142. The third-order valence-corrected chi connectivity index (χ3v) is 5.53. The summed E-state index contributed by atoms with van der Waals surface area (Å²) in [5.74, 6) is 2.89. The third-order valence-electron chi connectivity index (χ3n) is 5.53. The zero-order chi connectivity index (χ0) is 12.9. The molecule has 0 aromatic heterocycles. The first kappa shape index (κ1) is 12.5. The molecule has 4 saturated carbocycles. The number of hydrogen-bond donors (Lipinski definition) is 2. The minimum Gasteiger partial charge on any atom is -0.480 e. The van der Waals surface area contributed by atoms with E-state index in [1.165, 1.54) is 32.1 Å². The van der Waals surface area contributed by atoms with E-state index < -0.39 is 5.97 Å². The first-order valence-corrected chi connectivity index (χ1v) is 7.53. The van der Waals surface area contributed by atoms with Gasteiger partial charge in [-0.2, -0.15) is 0 Å². The molecule has 102 valence electrons. The molecule has 4 fully saturated rings. The molecule has 0 amide bonds. The molecule has 0 aliphatic heterocycles. The summed E-state index contributed by atoms with van der Waals surface area (Å²) in [4.78, 5) is 11.3. The zero-order valence-corrected chi connectivity index (χ0v) is 11.4. The van der Waals surface area contributed by atoms with Crippen molar-refractivity contribution in [2.75, 3.05) is 0 Å². The highest BCUT2D eigenvalue weighted by atomic mass is 16.4. The van der Waals surface area contributed by atoms with Crippen LogP contribution in [0.2, 0.25) is 0 Å². The Labute approximate surface area is 109 Å². The minimum atomic E-state index is -0.682. The second-order valence-corrected chi connectivity index (χ2v) is 7.18. The Morgan fingerprint density at radius 1 is 1.06 bits per heavy atom. The van der Waals surface area contributed by atoms with Crippen molar-refractivity contribution in [3.8, 4) is 0 Å². The summed E-state index contributed by atoms with van der Waals surface area (Å²) in [5, 5.41) is 12.8. The van der Waals surface area contributed by atoms with Gasteiger partial charge in [0.15, 0.2) is 0 Å². The van der Waals surface area contributed by atoms with Crippen molar-refractivity contribution >= 4 is 5.97 Å². The van der Waals surface area contributed by atoms with Gasteiger partial charge in [0, 0.05) is 6.04 Å². The van der Waals surface area contributed by atoms with Crippen molar-refractivity contribution in [2.24, 2.45) is 29.6 Å². The van der Waals surface area contributed by atoms with Crippen LogP contribution in [0.15, 0.2) is 0 Å². The molecule has 0 aromatic carbocycles. The van der Waals surface area contributed by atoms with Gasteiger partial charge in [0.1, 0.15) is 6.04 Å². The molecule has 18 heavy (non-hydrogen) atoms. The second kappa shape index (κ2) is 4.52. The van der Waals surface area contributed by atoms with Gasteiger partial charge in [0.2, 0.25) is 0 Å². The van der Waals surface area contributed by atoms with Crippen LogP contribution in [0, 0.1) is 29.6 Å². The van der Waals surface area contributed by atoms with Gasteiger partial charge in [-0.05, 0) is 61.7 Å². The Bertz CT molecular complexity index is 311. The Morgan fingerprint density at radius 2 is 1.56 bits per heavy atom. The normalized spacial score (nSPS) is 43.4. The average Bonchev–Trinajstić information content (AvgIpc) is 2.25. The molecule has 4 aliphatic carbocycles. The zero-order valence-electron chi connectivity index (χ0n) is 11.4. The van der Waals surface area contributed by atoms with Crippen molar-refractivity contribution in [1.82, 2.24) is 5.32 Å². The molecular weight excluding hydrogens is 226 g/mol. The van der Waals surface area contributed by atoms with Gasteiger partial charge in [-0.3, -0.25) is 4.79 Å². The summed E-state index contributed by atoms with van der Waals surface area (Å²) in [7, 11) is 0. The summed E-state index contributed by atoms with van der Waals surface area (Å²) in [6.45, 7) is 4.00. The fourth-order valence-electron chi connectivity index (χ4n) is 4.95. The van der Waals surface area contributed by atoms with E-state index in [1.807, 2.05) is 13.8 Å². The summed E-state index contributed by atoms with van der Waals surface area (Å²) in [6, 6.07) is 0.105. The van der Waals surface area contributed by atoms with Crippen LogP contribution in [-0.4, -0.2) is 23.2 Å². The topological polar surface area (TPSA) is 49.3 Å². The first-order valence-electron chi connectivity index (χ1n) is 7.53. The molecule has 4 rings (SSSR count). The minimum absolute atomic E-state index is 0.166. The number of nitrogens with one attached hydrogen (secondary N) is 1. The molecule has 2 N–H and O–H groups in total. The lowest BCUT2D eigenvalue weighted by atomic mass is 9.54. The van der Waals surface area contributed by atoms with E-state index in [-0.39, 0.29) is 12.0 Å². The largest absolute Gasteiger partial charge is 0.480 e. The quantitative estimate of drug-likeness (QED) is 0.807. The summed E-state index contributed by atoms with van der Waals surface area (Å²) < 4.78 is 0. The predicted octanol–water partition coefficient (Wildman–Crippen LogP) is 2.51. The van der Waals surface area contributed by atoms with Crippen molar-refractivity contribution in [1.29, 1.82) is 0 Å². The molecule has 0 spiro atoms. The van der Waals surface area contributed by atoms with Crippen molar-refractivity contribution in [2.45, 2.75) is 58.0 Å². The Balaban J connectivity index is 1.71. The average molecular weight is 251 g/mol. The Morgan fingerprint density at radius 3 is 1.94 bits per heavy atom. The monoisotopic (exact) mass is 251 g/mol. The summed E-state index contributed by atoms with van der Waals surface area (Å²) in [5.41, 5.74) is 0. The van der Waals surface area contributed by atoms with E-state index in [4.69, 9.17) is 0 Å². The summed E-state index contributed by atoms with van der Waals surface area (Å²) in [6.07, 6.45) is 6.82. The fourth-order valence-corrected chi connectivity index (χ4v) is 4.95. The number of carboxylic acids is 1. The van der Waals surface area contributed by atoms with Crippen LogP contribution in [0.25, 0.3) is 0 Å². The van der Waals surface area contributed by atoms with Crippen LogP contribution in [0.3, 0.4) is 0 Å². The molecule has 3 heteroatoms. The third kappa shape index (κ3) is 2.07. The number of carboxylic acid groups (broad SMARTS) is 1. The van der Waals surface area contributed by atoms with Crippen molar-refractivity contribution < 1.29 is 9.90 Å². The Kier molecular flexibility index (Phi) is 3.13. The van der Waals surface area contributed by atoms with Crippen LogP contribution in [0.5, 0.6) is 0 Å². The van der Waals surface area contributed by atoms with Crippen LogP contribution < -0.4 is 5.32 Å². The van der Waals surface area contributed by atoms with Crippen LogP contribution >= 0.6 is 0 Å². The van der Waals surface area contributed by atoms with Gasteiger partial charge in [0.05, 0.1) is 0 Å². The lowest BCUT2D eigenvalue weighted by Gasteiger charge is -2.55. The number of aliphatic carboxylic acids is 1. The molecule has 0 radical (unpaired) electrons. The summed E-state index contributed by atoms with van der Waals surface area (Å²) >= 11 is 0. The molecule has 3 nitrogen and oxygen atoms in total. The molecule has 0 saturated heterocycles. The maximum absolute atomic E-state index is 11.3. The molecule has 1 atom stereocenters. The molecule has 4 bridgehead atoms. The van der Waals surface area contributed by atoms with E-state index in [9.17, 15) is 9.90 Å². The molecule has 1 unspecified atom stereocenters. The van der Waals surface area contributed by atoms with Crippen LogP contribution in [-0.2, 0) is 4.79 Å². The van der Waals surface area contributed by atoms with Crippen molar-refractivity contribution in [3.63, 3.8) is 0 Å². The maximum atomic E-state index is 11.3. The van der Waals surface area contributed by atoms with E-state index in [0.717, 1.165) is 23.7 Å². The van der Waals surface area contributed by atoms with Gasteiger partial charge < -0.3 is 10.4 Å². The number of hydrogen-bond acceptors (Lipinski definition) is 2. The number of carbonyl (C=O) groups is 1. The molecule has 0 aromatic rings. The molecule has 4 aliphatic rings. The maximum Gasteiger partial charge on any atom is 0.320 e. The molecular formula is C15H25NO2. The van der Waals surface area contributed by atoms with E-state index in [0.29, 0.717) is 6.04 Å². The van der Waals surface area contributed by atoms with Gasteiger partial charge in [-0.1, -0.05) is 13.8 Å². The number of rotatable bonds is 4. The first-order chi connectivity index (χ1) is 8.54. The van der Waals surface area contributed by atoms with Crippen molar-refractivity contribution in [3.05, 3.63) is 0 Å². The Hall–Kier alpha value is -0.570. The van der Waals surface area contributed by atoms with Gasteiger partial charge in [-0.15, -0.1) is 0 Å². The highest BCUT2D eigenvalue weighted by molar-refractivity contribution is 5.73.